The highest BCUT2D eigenvalue weighted by Crippen LogP contribution is 2.30. The molecule has 7 nitrogen and oxygen atoms in total. The van der Waals surface area contributed by atoms with Crippen molar-refractivity contribution < 1.29 is 18.8 Å². The summed E-state index contributed by atoms with van der Waals surface area (Å²) >= 11 is 0. The Hall–Kier alpha value is -3.19. The van der Waals surface area contributed by atoms with Gasteiger partial charge in [0, 0.05) is 6.54 Å². The molecule has 0 aliphatic carbocycles. The van der Waals surface area contributed by atoms with E-state index in [1.165, 1.54) is 0 Å². The summed E-state index contributed by atoms with van der Waals surface area (Å²) in [6.45, 7) is 3.35. The van der Waals surface area contributed by atoms with Gasteiger partial charge >= 0.3 is 0 Å². The fraction of sp³-hybridized carbons (Fsp3) is 0.348. The van der Waals surface area contributed by atoms with Gasteiger partial charge in [-0.15, -0.1) is 0 Å². The van der Waals surface area contributed by atoms with E-state index in [1.807, 2.05) is 61.5 Å². The van der Waals surface area contributed by atoms with Crippen LogP contribution in [0.1, 0.15) is 41.7 Å². The molecule has 156 valence electrons. The number of amides is 1. The number of hydrogen-bond acceptors (Lipinski definition) is 6. The fourth-order valence-corrected chi connectivity index (χ4v) is 3.56. The van der Waals surface area contributed by atoms with Crippen LogP contribution in [-0.2, 0) is 22.7 Å². The maximum Gasteiger partial charge on any atom is 0.261 e. The molecule has 3 aromatic rings. The minimum atomic E-state index is -0.190. The molecule has 0 saturated carbocycles. The Morgan fingerprint density at radius 1 is 1.17 bits per heavy atom. The summed E-state index contributed by atoms with van der Waals surface area (Å²) in [4.78, 5) is 18.9. The van der Waals surface area contributed by atoms with Crippen molar-refractivity contribution in [2.75, 3.05) is 13.2 Å². The van der Waals surface area contributed by atoms with E-state index in [1.54, 1.807) is 4.90 Å². The molecule has 30 heavy (non-hydrogen) atoms. The van der Waals surface area contributed by atoms with E-state index in [9.17, 15) is 4.79 Å². The lowest BCUT2D eigenvalue weighted by atomic mass is 10.2. The maximum absolute atomic E-state index is 12.7. The molecule has 0 bridgehead atoms. The quantitative estimate of drug-likeness (QED) is 0.565. The van der Waals surface area contributed by atoms with Gasteiger partial charge in [0.1, 0.15) is 12.4 Å². The van der Waals surface area contributed by atoms with Crippen LogP contribution in [0.25, 0.3) is 0 Å². The van der Waals surface area contributed by atoms with Gasteiger partial charge in [-0.3, -0.25) is 4.79 Å². The molecule has 1 unspecified atom stereocenters. The first-order valence-corrected chi connectivity index (χ1v) is 10.1. The number of nitrogens with zero attached hydrogens (tertiary/aromatic N) is 3. The Bertz CT molecular complexity index is 973. The van der Waals surface area contributed by atoms with E-state index < -0.39 is 0 Å². The number of likely N-dealkylation sites (tertiary alicyclic amines) is 1. The highest BCUT2D eigenvalue weighted by Gasteiger charge is 2.33. The molecule has 0 radical (unpaired) electrons. The Labute approximate surface area is 175 Å². The first kappa shape index (κ1) is 20.1. The second-order valence-corrected chi connectivity index (χ2v) is 7.38. The van der Waals surface area contributed by atoms with Crippen molar-refractivity contribution in [2.45, 2.75) is 39.0 Å². The summed E-state index contributed by atoms with van der Waals surface area (Å²) in [5.74, 6) is 1.55. The van der Waals surface area contributed by atoms with Crippen LogP contribution in [0.5, 0.6) is 5.75 Å². The third-order valence-electron chi connectivity index (χ3n) is 5.04. The second-order valence-electron chi connectivity index (χ2n) is 7.38. The van der Waals surface area contributed by atoms with Crippen LogP contribution in [0.3, 0.4) is 0 Å². The number of carbonyl (C=O) groups excluding carboxylic acids is 1. The summed E-state index contributed by atoms with van der Waals surface area (Å²) < 4.78 is 16.7. The SMILES string of the molecule is Cc1cccc(OCC(=O)N2CCCC2c2noc(COCc3ccccc3)n2)c1. The van der Waals surface area contributed by atoms with Crippen molar-refractivity contribution in [2.24, 2.45) is 0 Å². The smallest absolute Gasteiger partial charge is 0.261 e. The highest BCUT2D eigenvalue weighted by atomic mass is 16.5. The second kappa shape index (κ2) is 9.54. The van der Waals surface area contributed by atoms with Gasteiger partial charge in [-0.05, 0) is 43.0 Å². The van der Waals surface area contributed by atoms with Gasteiger partial charge in [0.15, 0.2) is 12.4 Å². The van der Waals surface area contributed by atoms with Crippen LogP contribution in [0.4, 0.5) is 0 Å². The molecule has 7 heteroatoms. The minimum absolute atomic E-state index is 0.00908. The first-order valence-electron chi connectivity index (χ1n) is 10.1. The molecule has 0 spiro atoms. The zero-order valence-electron chi connectivity index (χ0n) is 17.0. The zero-order chi connectivity index (χ0) is 20.8. The van der Waals surface area contributed by atoms with Crippen LogP contribution in [0, 0.1) is 6.92 Å². The number of hydrogen-bond donors (Lipinski definition) is 0. The topological polar surface area (TPSA) is 77.7 Å². The third-order valence-corrected chi connectivity index (χ3v) is 5.04. The van der Waals surface area contributed by atoms with Crippen molar-refractivity contribution in [3.05, 3.63) is 77.4 Å². The average Bonchev–Trinajstić information content (AvgIpc) is 3.42. The van der Waals surface area contributed by atoms with Crippen LogP contribution in [-0.4, -0.2) is 34.1 Å². The van der Waals surface area contributed by atoms with Gasteiger partial charge in [-0.1, -0.05) is 47.6 Å². The molecule has 1 amide bonds. The van der Waals surface area contributed by atoms with Gasteiger partial charge in [-0.25, -0.2) is 0 Å². The van der Waals surface area contributed by atoms with Crippen LogP contribution >= 0.6 is 0 Å². The number of ether oxygens (including phenoxy) is 2. The molecule has 0 N–H and O–H groups in total. The number of carbonyl (C=O) groups is 1. The monoisotopic (exact) mass is 407 g/mol. The van der Waals surface area contributed by atoms with E-state index in [0.29, 0.717) is 30.6 Å². The Kier molecular flexibility index (Phi) is 6.39. The summed E-state index contributed by atoms with van der Waals surface area (Å²) in [6.07, 6.45) is 1.70. The lowest BCUT2D eigenvalue weighted by molar-refractivity contribution is -0.134. The Morgan fingerprint density at radius 3 is 2.87 bits per heavy atom. The third kappa shape index (κ3) is 5.04. The number of rotatable bonds is 8. The fourth-order valence-electron chi connectivity index (χ4n) is 3.56. The van der Waals surface area contributed by atoms with Crippen LogP contribution in [0.15, 0.2) is 59.1 Å². The molecule has 1 saturated heterocycles. The van der Waals surface area contributed by atoms with E-state index in [0.717, 1.165) is 24.0 Å². The van der Waals surface area contributed by atoms with Gasteiger partial charge in [0.05, 0.1) is 12.6 Å². The molecule has 1 aliphatic rings. The van der Waals surface area contributed by atoms with Gasteiger partial charge < -0.3 is 18.9 Å². The molecule has 1 fully saturated rings. The molecular weight excluding hydrogens is 382 g/mol. The van der Waals surface area contributed by atoms with Crippen molar-refractivity contribution in [1.82, 2.24) is 15.0 Å². The van der Waals surface area contributed by atoms with Crippen LogP contribution < -0.4 is 4.74 Å². The highest BCUT2D eigenvalue weighted by molar-refractivity contribution is 5.78. The lowest BCUT2D eigenvalue weighted by Crippen LogP contribution is -2.34. The number of benzene rings is 2. The molecule has 1 aromatic heterocycles. The van der Waals surface area contributed by atoms with Gasteiger partial charge in [0.25, 0.3) is 11.8 Å². The van der Waals surface area contributed by atoms with Gasteiger partial charge in [0.2, 0.25) is 0 Å². The number of aromatic nitrogens is 2. The van der Waals surface area contributed by atoms with E-state index in [4.69, 9.17) is 14.0 Å². The molecule has 2 heterocycles. The predicted molar refractivity (Wildman–Crippen MR) is 110 cm³/mol. The summed E-state index contributed by atoms with van der Waals surface area (Å²) in [7, 11) is 0. The average molecular weight is 407 g/mol. The number of aryl methyl sites for hydroxylation is 1. The molecule has 2 aromatic carbocycles. The van der Waals surface area contributed by atoms with Gasteiger partial charge in [-0.2, -0.15) is 4.98 Å². The lowest BCUT2D eigenvalue weighted by Gasteiger charge is -2.22. The molecule has 1 atom stereocenters. The summed E-state index contributed by atoms with van der Waals surface area (Å²) in [6, 6.07) is 17.4. The first-order chi connectivity index (χ1) is 14.7. The van der Waals surface area contributed by atoms with Crippen molar-refractivity contribution >= 4 is 5.91 Å². The van der Waals surface area contributed by atoms with Crippen LogP contribution in [0.2, 0.25) is 0 Å². The van der Waals surface area contributed by atoms with Crippen molar-refractivity contribution in [3.8, 4) is 5.75 Å². The molecular formula is C23H25N3O4. The maximum atomic E-state index is 12.7. The summed E-state index contributed by atoms with van der Waals surface area (Å²) in [5.41, 5.74) is 2.17. The van der Waals surface area contributed by atoms with Crippen molar-refractivity contribution in [3.63, 3.8) is 0 Å². The zero-order valence-corrected chi connectivity index (χ0v) is 17.0. The normalized spacial score (nSPS) is 16.0. The van der Waals surface area contributed by atoms with E-state index in [-0.39, 0.29) is 25.2 Å². The standard InChI is InChI=1S/C23H25N3O4/c1-17-7-5-10-19(13-17)29-16-22(27)26-12-6-11-20(26)23-24-21(30-25-23)15-28-14-18-8-3-2-4-9-18/h2-5,7-10,13,20H,6,11-12,14-16H2,1H3. The van der Waals surface area contributed by atoms with Crippen molar-refractivity contribution in [1.29, 1.82) is 0 Å². The minimum Gasteiger partial charge on any atom is -0.484 e. The molecule has 1 aliphatic heterocycles. The Balaban J connectivity index is 1.31. The largest absolute Gasteiger partial charge is 0.484 e. The van der Waals surface area contributed by atoms with E-state index >= 15 is 0 Å². The van der Waals surface area contributed by atoms with E-state index in [2.05, 4.69) is 10.1 Å². The predicted octanol–water partition coefficient (Wildman–Crippen LogP) is 3.84. The summed E-state index contributed by atoms with van der Waals surface area (Å²) in [5, 5.41) is 4.09. The molecule has 4 rings (SSSR count). The Morgan fingerprint density at radius 2 is 2.03 bits per heavy atom.